The number of rotatable bonds is 6. The molecule has 0 fully saturated rings. The fraction of sp³-hybridized carbons (Fsp3) is 0.250. The van der Waals surface area contributed by atoms with E-state index >= 15 is 0 Å². The Labute approximate surface area is 405 Å². The second-order valence-corrected chi connectivity index (χ2v) is 23.0. The standard InChI is InChI=1S/C64H62BN3/c1-41-32-58-60-59(33-41)68(55-34-44(27-26-42(55)2)43-20-14-11-15-21-43)56-36-48(66(45-22-16-12-17-23-45)46-24-18-13-19-25-46)29-31-53(56)65(60)54-37-51-52(64(9,10)40-63(51,7)8)38-57(54)67(58)47-28-30-49-50(35-47)62(5,6)39-61(49,3)4/h11-38H,39-40H2,1-10H3. The van der Waals surface area contributed by atoms with Crippen molar-refractivity contribution in [3.05, 3.63) is 203 Å². The van der Waals surface area contributed by atoms with E-state index in [1.54, 1.807) is 0 Å². The maximum Gasteiger partial charge on any atom is 0.252 e. The predicted molar refractivity (Wildman–Crippen MR) is 291 cm³/mol. The lowest BCUT2D eigenvalue weighted by Gasteiger charge is -2.45. The second kappa shape index (κ2) is 14.9. The largest absolute Gasteiger partial charge is 0.311 e. The first-order valence-corrected chi connectivity index (χ1v) is 24.8. The smallest absolute Gasteiger partial charge is 0.252 e. The van der Waals surface area contributed by atoms with Crippen molar-refractivity contribution in [2.75, 3.05) is 14.7 Å². The maximum absolute atomic E-state index is 2.67. The van der Waals surface area contributed by atoms with E-state index in [1.165, 1.54) is 95.0 Å². The van der Waals surface area contributed by atoms with Gasteiger partial charge in [0.2, 0.25) is 0 Å². The molecule has 2 heterocycles. The minimum Gasteiger partial charge on any atom is -0.311 e. The molecule has 0 bridgehead atoms. The Hall–Kier alpha value is -6.78. The lowest BCUT2D eigenvalue weighted by atomic mass is 9.33. The van der Waals surface area contributed by atoms with Crippen LogP contribution in [0.5, 0.6) is 0 Å². The highest BCUT2D eigenvalue weighted by molar-refractivity contribution is 7.00. The van der Waals surface area contributed by atoms with Crippen LogP contribution in [0, 0.1) is 13.8 Å². The van der Waals surface area contributed by atoms with Crippen LogP contribution in [0.4, 0.5) is 51.2 Å². The number of hydrogen-bond donors (Lipinski definition) is 0. The summed E-state index contributed by atoms with van der Waals surface area (Å²) in [6.45, 7) is 24.2. The molecule has 336 valence electrons. The van der Waals surface area contributed by atoms with Gasteiger partial charge in [-0.3, -0.25) is 0 Å². The summed E-state index contributed by atoms with van der Waals surface area (Å²) in [6, 6.07) is 64.5. The molecule has 2 aliphatic carbocycles. The average Bonchev–Trinajstić information content (AvgIpc) is 3.62. The van der Waals surface area contributed by atoms with Gasteiger partial charge in [-0.15, -0.1) is 0 Å². The Morgan fingerprint density at radius 3 is 1.57 bits per heavy atom. The normalized spacial score (nSPS) is 17.2. The quantitative estimate of drug-likeness (QED) is 0.154. The van der Waals surface area contributed by atoms with Crippen molar-refractivity contribution in [2.45, 2.75) is 104 Å². The highest BCUT2D eigenvalue weighted by Gasteiger charge is 2.49. The predicted octanol–water partition coefficient (Wildman–Crippen LogP) is 15.4. The summed E-state index contributed by atoms with van der Waals surface area (Å²) < 4.78 is 0. The van der Waals surface area contributed by atoms with E-state index in [0.717, 1.165) is 29.9 Å². The molecule has 0 atom stereocenters. The van der Waals surface area contributed by atoms with Crippen LogP contribution in [-0.2, 0) is 21.7 Å². The minimum absolute atomic E-state index is 0.00118. The van der Waals surface area contributed by atoms with Crippen LogP contribution >= 0.6 is 0 Å². The second-order valence-electron chi connectivity index (χ2n) is 23.0. The zero-order chi connectivity index (χ0) is 47.1. The van der Waals surface area contributed by atoms with Gasteiger partial charge in [0.1, 0.15) is 0 Å². The fourth-order valence-corrected chi connectivity index (χ4v) is 13.6. The molecule has 0 amide bonds. The maximum atomic E-state index is 2.67. The van der Waals surface area contributed by atoms with E-state index in [9.17, 15) is 0 Å². The number of para-hydroxylation sites is 2. The van der Waals surface area contributed by atoms with Gasteiger partial charge < -0.3 is 14.7 Å². The minimum atomic E-state index is 0.00118. The lowest BCUT2D eigenvalue weighted by molar-refractivity contribution is 0.403. The zero-order valence-electron chi connectivity index (χ0n) is 41.5. The molecule has 0 N–H and O–H groups in total. The van der Waals surface area contributed by atoms with Crippen LogP contribution in [0.25, 0.3) is 11.1 Å². The molecule has 68 heavy (non-hydrogen) atoms. The van der Waals surface area contributed by atoms with Gasteiger partial charge in [-0.1, -0.05) is 152 Å². The molecule has 12 rings (SSSR count). The van der Waals surface area contributed by atoms with Crippen molar-refractivity contribution in [1.82, 2.24) is 0 Å². The molecule has 0 radical (unpaired) electrons. The van der Waals surface area contributed by atoms with Gasteiger partial charge in [0.25, 0.3) is 6.71 Å². The number of benzene rings is 8. The molecule has 4 heteroatoms. The molecule has 8 aromatic rings. The van der Waals surface area contributed by atoms with Gasteiger partial charge in [-0.05, 0) is 182 Å². The number of fused-ring (bicyclic) bond motifs is 6. The average molecular weight is 884 g/mol. The monoisotopic (exact) mass is 884 g/mol. The van der Waals surface area contributed by atoms with E-state index in [2.05, 4.69) is 254 Å². The van der Waals surface area contributed by atoms with Gasteiger partial charge in [-0.25, -0.2) is 0 Å². The van der Waals surface area contributed by atoms with Gasteiger partial charge >= 0.3 is 0 Å². The highest BCUT2D eigenvalue weighted by Crippen LogP contribution is 2.55. The Balaban J connectivity index is 1.18. The molecular formula is C64H62BN3. The van der Waals surface area contributed by atoms with Crippen LogP contribution in [0.1, 0.15) is 102 Å². The first kappa shape index (κ1) is 42.6. The van der Waals surface area contributed by atoms with E-state index < -0.39 is 0 Å². The molecule has 0 unspecified atom stereocenters. The van der Waals surface area contributed by atoms with E-state index in [-0.39, 0.29) is 28.4 Å². The summed E-state index contributed by atoms with van der Waals surface area (Å²) in [4.78, 5) is 7.70. The van der Waals surface area contributed by atoms with Crippen molar-refractivity contribution >= 4 is 74.3 Å². The Morgan fingerprint density at radius 1 is 0.397 bits per heavy atom. The van der Waals surface area contributed by atoms with Gasteiger partial charge in [-0.2, -0.15) is 0 Å². The highest BCUT2D eigenvalue weighted by atomic mass is 15.2. The van der Waals surface area contributed by atoms with Crippen molar-refractivity contribution in [2.24, 2.45) is 0 Å². The van der Waals surface area contributed by atoms with Crippen molar-refractivity contribution in [1.29, 1.82) is 0 Å². The summed E-state index contributed by atoms with van der Waals surface area (Å²) in [5.41, 5.74) is 26.0. The third-order valence-corrected chi connectivity index (χ3v) is 16.1. The van der Waals surface area contributed by atoms with Crippen molar-refractivity contribution < 1.29 is 0 Å². The van der Waals surface area contributed by atoms with Crippen LogP contribution in [-0.4, -0.2) is 6.71 Å². The molecular weight excluding hydrogens is 822 g/mol. The molecule has 8 aromatic carbocycles. The summed E-state index contributed by atoms with van der Waals surface area (Å²) in [5, 5.41) is 0. The molecule has 0 saturated heterocycles. The number of aryl methyl sites for hydroxylation is 2. The zero-order valence-corrected chi connectivity index (χ0v) is 41.5. The van der Waals surface area contributed by atoms with Gasteiger partial charge in [0.05, 0.1) is 0 Å². The van der Waals surface area contributed by atoms with E-state index in [1.807, 2.05) is 0 Å². The summed E-state index contributed by atoms with van der Waals surface area (Å²) >= 11 is 0. The van der Waals surface area contributed by atoms with Crippen molar-refractivity contribution in [3.63, 3.8) is 0 Å². The Kier molecular flexibility index (Phi) is 9.30. The fourth-order valence-electron chi connectivity index (χ4n) is 13.6. The molecule has 3 nitrogen and oxygen atoms in total. The molecule has 0 aromatic heterocycles. The number of anilines is 9. The molecule has 4 aliphatic rings. The first-order chi connectivity index (χ1) is 32.5. The van der Waals surface area contributed by atoms with Crippen LogP contribution in [0.15, 0.2) is 170 Å². The van der Waals surface area contributed by atoms with Crippen molar-refractivity contribution in [3.8, 4) is 11.1 Å². The first-order valence-electron chi connectivity index (χ1n) is 24.8. The third-order valence-electron chi connectivity index (χ3n) is 16.1. The SMILES string of the molecule is Cc1cc2c3c(c1)N(c1cc(-c4ccccc4)ccc1C)c1cc(N(c4ccccc4)c4ccccc4)ccc1B3c1cc3c(cc1N2c1ccc2c(c1)C(C)(C)CC2(C)C)C(C)(C)CC3(C)C. The topological polar surface area (TPSA) is 9.72 Å². The van der Waals surface area contributed by atoms with Crippen LogP contribution < -0.4 is 31.1 Å². The summed E-state index contributed by atoms with van der Waals surface area (Å²) in [6.07, 6.45) is 2.25. The third kappa shape index (κ3) is 6.47. The Bertz CT molecular complexity index is 3290. The Morgan fingerprint density at radius 2 is 0.941 bits per heavy atom. The number of nitrogens with zero attached hydrogens (tertiary/aromatic N) is 3. The van der Waals surface area contributed by atoms with Gasteiger partial charge in [0.15, 0.2) is 0 Å². The molecule has 0 saturated carbocycles. The summed E-state index contributed by atoms with van der Waals surface area (Å²) in [7, 11) is 0. The van der Waals surface area contributed by atoms with Crippen LogP contribution in [0.2, 0.25) is 0 Å². The molecule has 0 spiro atoms. The van der Waals surface area contributed by atoms with E-state index in [4.69, 9.17) is 0 Å². The lowest BCUT2D eigenvalue weighted by Crippen LogP contribution is -2.61. The van der Waals surface area contributed by atoms with Crippen LogP contribution in [0.3, 0.4) is 0 Å². The molecule has 2 aliphatic heterocycles. The summed E-state index contributed by atoms with van der Waals surface area (Å²) in [5.74, 6) is 0. The van der Waals surface area contributed by atoms with Gasteiger partial charge in [0, 0.05) is 51.2 Å². The van der Waals surface area contributed by atoms with E-state index in [0.29, 0.717) is 0 Å². The number of hydrogen-bond acceptors (Lipinski definition) is 3.